The molecule has 1 aromatic heterocycles. The first-order valence-electron chi connectivity index (χ1n) is 9.09. The molecule has 1 aliphatic rings. The molecular formula is C19H27ClN6S. The molecule has 2 heterocycles. The van der Waals surface area contributed by atoms with Crippen LogP contribution in [0.15, 0.2) is 34.6 Å². The van der Waals surface area contributed by atoms with E-state index in [9.17, 15) is 0 Å². The van der Waals surface area contributed by atoms with Gasteiger partial charge in [-0.1, -0.05) is 23.7 Å². The SMILES string of the molecule is CN=C(NCc1csc(N(C)C)n1)N1CCN(Cc2ccc(Cl)cc2)CC1. The third-order valence-corrected chi connectivity index (χ3v) is 5.86. The lowest BCUT2D eigenvalue weighted by Crippen LogP contribution is -2.52. The summed E-state index contributed by atoms with van der Waals surface area (Å²) in [6, 6.07) is 8.12. The van der Waals surface area contributed by atoms with Gasteiger partial charge in [0.05, 0.1) is 12.2 Å². The maximum absolute atomic E-state index is 5.97. The highest BCUT2D eigenvalue weighted by molar-refractivity contribution is 7.13. The minimum Gasteiger partial charge on any atom is -0.354 e. The van der Waals surface area contributed by atoms with Gasteiger partial charge in [0.1, 0.15) is 0 Å². The van der Waals surface area contributed by atoms with Gasteiger partial charge in [0.15, 0.2) is 11.1 Å². The van der Waals surface area contributed by atoms with Crippen molar-refractivity contribution >= 4 is 34.0 Å². The zero-order valence-corrected chi connectivity index (χ0v) is 17.7. The molecular weight excluding hydrogens is 380 g/mol. The largest absolute Gasteiger partial charge is 0.354 e. The van der Waals surface area contributed by atoms with E-state index >= 15 is 0 Å². The Labute approximate surface area is 170 Å². The Morgan fingerprint density at radius 1 is 1.22 bits per heavy atom. The van der Waals surface area contributed by atoms with Crippen LogP contribution in [0.3, 0.4) is 0 Å². The summed E-state index contributed by atoms with van der Waals surface area (Å²) < 4.78 is 0. The summed E-state index contributed by atoms with van der Waals surface area (Å²) in [5, 5.41) is 7.36. The van der Waals surface area contributed by atoms with Crippen molar-refractivity contribution in [1.82, 2.24) is 20.1 Å². The van der Waals surface area contributed by atoms with E-state index in [1.165, 1.54) is 5.56 Å². The van der Waals surface area contributed by atoms with Crippen LogP contribution in [-0.2, 0) is 13.1 Å². The van der Waals surface area contributed by atoms with Crippen LogP contribution in [0.4, 0.5) is 5.13 Å². The number of aromatic nitrogens is 1. The summed E-state index contributed by atoms with van der Waals surface area (Å²) in [6.07, 6.45) is 0. The molecule has 0 spiro atoms. The number of hydrogen-bond donors (Lipinski definition) is 1. The second-order valence-corrected chi connectivity index (χ2v) is 8.08. The van der Waals surface area contributed by atoms with Gasteiger partial charge in [-0.15, -0.1) is 11.3 Å². The normalized spacial score (nSPS) is 15.9. The van der Waals surface area contributed by atoms with Gasteiger partial charge in [0, 0.05) is 64.3 Å². The second kappa shape index (κ2) is 9.39. The monoisotopic (exact) mass is 406 g/mol. The minimum absolute atomic E-state index is 0.696. The molecule has 3 rings (SSSR count). The molecule has 27 heavy (non-hydrogen) atoms. The minimum atomic E-state index is 0.696. The van der Waals surface area contributed by atoms with Gasteiger partial charge in [0.25, 0.3) is 0 Å². The molecule has 0 atom stereocenters. The smallest absolute Gasteiger partial charge is 0.194 e. The highest BCUT2D eigenvalue weighted by Crippen LogP contribution is 2.18. The molecule has 0 radical (unpaired) electrons. The summed E-state index contributed by atoms with van der Waals surface area (Å²) >= 11 is 7.63. The van der Waals surface area contributed by atoms with E-state index in [0.29, 0.717) is 6.54 Å². The molecule has 0 saturated carbocycles. The van der Waals surface area contributed by atoms with Crippen LogP contribution in [0.25, 0.3) is 0 Å². The van der Waals surface area contributed by atoms with Crippen molar-refractivity contribution in [2.45, 2.75) is 13.1 Å². The van der Waals surface area contributed by atoms with Gasteiger partial charge in [-0.3, -0.25) is 9.89 Å². The van der Waals surface area contributed by atoms with Crippen molar-refractivity contribution in [3.05, 3.63) is 45.9 Å². The summed E-state index contributed by atoms with van der Waals surface area (Å²) in [5.74, 6) is 0.945. The molecule has 1 aromatic carbocycles. The number of nitrogens with zero attached hydrogens (tertiary/aromatic N) is 5. The fourth-order valence-electron chi connectivity index (χ4n) is 3.05. The lowest BCUT2D eigenvalue weighted by atomic mass is 10.2. The van der Waals surface area contributed by atoms with Crippen LogP contribution in [0.1, 0.15) is 11.3 Å². The van der Waals surface area contributed by atoms with Crippen molar-refractivity contribution in [3.63, 3.8) is 0 Å². The van der Waals surface area contributed by atoms with E-state index in [4.69, 9.17) is 11.6 Å². The number of guanidine groups is 1. The predicted octanol–water partition coefficient (Wildman–Crippen LogP) is 2.76. The van der Waals surface area contributed by atoms with Gasteiger partial charge < -0.3 is 15.1 Å². The second-order valence-electron chi connectivity index (χ2n) is 6.81. The molecule has 1 saturated heterocycles. The molecule has 146 valence electrons. The van der Waals surface area contributed by atoms with Gasteiger partial charge in [-0.05, 0) is 17.7 Å². The maximum Gasteiger partial charge on any atom is 0.194 e. The molecule has 8 heteroatoms. The van der Waals surface area contributed by atoms with Crippen molar-refractivity contribution in [2.24, 2.45) is 4.99 Å². The molecule has 0 bridgehead atoms. The first kappa shape index (κ1) is 19.9. The fraction of sp³-hybridized carbons (Fsp3) is 0.474. The average molecular weight is 407 g/mol. The number of thiazole rings is 1. The topological polar surface area (TPSA) is 47.0 Å². The number of anilines is 1. The summed E-state index contributed by atoms with van der Waals surface area (Å²) in [6.45, 7) is 5.63. The summed E-state index contributed by atoms with van der Waals surface area (Å²) in [7, 11) is 5.87. The van der Waals surface area contributed by atoms with E-state index < -0.39 is 0 Å². The van der Waals surface area contributed by atoms with E-state index in [2.05, 4.69) is 42.6 Å². The molecule has 0 amide bonds. The van der Waals surface area contributed by atoms with Gasteiger partial charge in [-0.2, -0.15) is 0 Å². The van der Waals surface area contributed by atoms with Crippen molar-refractivity contribution < 1.29 is 0 Å². The van der Waals surface area contributed by atoms with Crippen molar-refractivity contribution in [2.75, 3.05) is 52.2 Å². The number of piperazine rings is 1. The van der Waals surface area contributed by atoms with Gasteiger partial charge in [-0.25, -0.2) is 4.98 Å². The number of aliphatic imine (C=N–C) groups is 1. The van der Waals surface area contributed by atoms with Gasteiger partial charge >= 0.3 is 0 Å². The van der Waals surface area contributed by atoms with Crippen LogP contribution >= 0.6 is 22.9 Å². The highest BCUT2D eigenvalue weighted by atomic mass is 35.5. The standard InChI is InChI=1S/C19H27ClN6S/c1-21-18(22-12-17-14-27-19(23-17)24(2)3)26-10-8-25(9-11-26)13-15-4-6-16(20)7-5-15/h4-7,14H,8-13H2,1-3H3,(H,21,22). The molecule has 0 aliphatic carbocycles. The summed E-state index contributed by atoms with van der Waals surface area (Å²) in [5.41, 5.74) is 2.35. The Hall–Kier alpha value is -1.83. The Kier molecular flexibility index (Phi) is 6.93. The maximum atomic E-state index is 5.97. The van der Waals surface area contributed by atoms with Crippen LogP contribution in [0.5, 0.6) is 0 Å². The lowest BCUT2D eigenvalue weighted by Gasteiger charge is -2.36. The van der Waals surface area contributed by atoms with Crippen molar-refractivity contribution in [3.8, 4) is 0 Å². The Morgan fingerprint density at radius 2 is 1.93 bits per heavy atom. The van der Waals surface area contributed by atoms with E-state index in [-0.39, 0.29) is 0 Å². The number of halogens is 1. The van der Waals surface area contributed by atoms with Crippen molar-refractivity contribution in [1.29, 1.82) is 0 Å². The third kappa shape index (κ3) is 5.57. The number of hydrogen-bond acceptors (Lipinski definition) is 5. The zero-order valence-electron chi connectivity index (χ0n) is 16.2. The van der Waals surface area contributed by atoms with E-state index in [1.54, 1.807) is 11.3 Å². The first-order chi connectivity index (χ1) is 13.0. The van der Waals surface area contributed by atoms with E-state index in [1.807, 2.05) is 38.2 Å². The number of nitrogens with one attached hydrogen (secondary N) is 1. The molecule has 1 aliphatic heterocycles. The third-order valence-electron chi connectivity index (χ3n) is 4.55. The lowest BCUT2D eigenvalue weighted by molar-refractivity contribution is 0.172. The van der Waals surface area contributed by atoms with Crippen LogP contribution in [0.2, 0.25) is 5.02 Å². The van der Waals surface area contributed by atoms with Gasteiger partial charge in [0.2, 0.25) is 0 Å². The highest BCUT2D eigenvalue weighted by Gasteiger charge is 2.19. The van der Waals surface area contributed by atoms with Crippen LogP contribution in [0, 0.1) is 0 Å². The molecule has 0 unspecified atom stereocenters. The zero-order chi connectivity index (χ0) is 19.2. The van der Waals surface area contributed by atoms with E-state index in [0.717, 1.165) is 54.5 Å². The quantitative estimate of drug-likeness (QED) is 0.611. The number of benzene rings is 1. The number of rotatable bonds is 5. The Balaban J connectivity index is 1.47. The Bertz CT molecular complexity index is 750. The molecule has 6 nitrogen and oxygen atoms in total. The molecule has 1 fully saturated rings. The van der Waals surface area contributed by atoms with Crippen LogP contribution < -0.4 is 10.2 Å². The average Bonchev–Trinajstić information content (AvgIpc) is 3.15. The molecule has 1 N–H and O–H groups in total. The predicted molar refractivity (Wildman–Crippen MR) is 115 cm³/mol. The first-order valence-corrected chi connectivity index (χ1v) is 10.3. The van der Waals surface area contributed by atoms with Crippen LogP contribution in [-0.4, -0.2) is 68.1 Å². The fourth-order valence-corrected chi connectivity index (χ4v) is 3.93. The Morgan fingerprint density at radius 3 is 2.52 bits per heavy atom. The molecule has 2 aromatic rings. The summed E-state index contributed by atoms with van der Waals surface area (Å²) in [4.78, 5) is 15.9.